The summed E-state index contributed by atoms with van der Waals surface area (Å²) in [5, 5.41) is 5.67. The predicted octanol–water partition coefficient (Wildman–Crippen LogP) is 2.99. The summed E-state index contributed by atoms with van der Waals surface area (Å²) >= 11 is 0. The summed E-state index contributed by atoms with van der Waals surface area (Å²) in [5.41, 5.74) is 0.468. The third-order valence-electron chi connectivity index (χ3n) is 5.20. The summed E-state index contributed by atoms with van der Waals surface area (Å²) in [7, 11) is 0. The molecule has 0 saturated carbocycles. The molecular formula is C24H29N3O4. The number of anilines is 1. The molecule has 7 nitrogen and oxygen atoms in total. The molecule has 2 N–H and O–H groups in total. The summed E-state index contributed by atoms with van der Waals surface area (Å²) in [5.74, 6) is -0.0510. The molecule has 164 valence electrons. The van der Waals surface area contributed by atoms with Crippen molar-refractivity contribution in [1.82, 2.24) is 10.6 Å². The number of nitrogens with one attached hydrogen (secondary N) is 2. The van der Waals surface area contributed by atoms with Crippen LogP contribution in [0, 0.1) is 0 Å². The topological polar surface area (TPSA) is 87.7 Å². The van der Waals surface area contributed by atoms with Crippen LogP contribution in [0.3, 0.4) is 0 Å². The average Bonchev–Trinajstić information content (AvgIpc) is 2.76. The van der Waals surface area contributed by atoms with Gasteiger partial charge >= 0.3 is 0 Å². The maximum absolute atomic E-state index is 13.6. The lowest BCUT2D eigenvalue weighted by atomic mass is 9.91. The highest BCUT2D eigenvalue weighted by Crippen LogP contribution is 2.42. The molecule has 1 atom stereocenters. The summed E-state index contributed by atoms with van der Waals surface area (Å²) in [4.78, 5) is 39.4. The SMILES string of the molecule is CCC(=O)NCCN1C(=O)C(C)(c2ccccc2)Oc2ccc(C(=O)NC(C)C)cc21. The molecule has 0 fully saturated rings. The number of hydrogen-bond acceptors (Lipinski definition) is 4. The Morgan fingerprint density at radius 3 is 2.48 bits per heavy atom. The molecular weight excluding hydrogens is 394 g/mol. The third-order valence-corrected chi connectivity index (χ3v) is 5.20. The van der Waals surface area contributed by atoms with E-state index in [1.54, 1.807) is 36.9 Å². The van der Waals surface area contributed by atoms with Gasteiger partial charge in [0.15, 0.2) is 0 Å². The first-order valence-electron chi connectivity index (χ1n) is 10.5. The normalized spacial score (nSPS) is 17.7. The number of nitrogens with zero attached hydrogens (tertiary/aromatic N) is 1. The number of amides is 3. The summed E-state index contributed by atoms with van der Waals surface area (Å²) in [6, 6.07) is 14.4. The zero-order valence-corrected chi connectivity index (χ0v) is 18.4. The van der Waals surface area contributed by atoms with E-state index in [1.165, 1.54) is 0 Å². The molecule has 1 aliphatic rings. The van der Waals surface area contributed by atoms with Crippen LogP contribution in [0.4, 0.5) is 5.69 Å². The Kier molecular flexibility index (Phi) is 6.63. The highest BCUT2D eigenvalue weighted by atomic mass is 16.5. The molecule has 2 aromatic rings. The van der Waals surface area contributed by atoms with Crippen molar-refractivity contribution in [2.45, 2.75) is 45.8 Å². The van der Waals surface area contributed by atoms with Crippen LogP contribution in [0.15, 0.2) is 48.5 Å². The lowest BCUT2D eigenvalue weighted by Crippen LogP contribution is -2.54. The highest BCUT2D eigenvalue weighted by Gasteiger charge is 2.46. The van der Waals surface area contributed by atoms with E-state index in [-0.39, 0.29) is 30.3 Å². The molecule has 1 unspecified atom stereocenters. The van der Waals surface area contributed by atoms with Crippen LogP contribution < -0.4 is 20.3 Å². The quantitative estimate of drug-likeness (QED) is 0.717. The number of rotatable bonds is 7. The lowest BCUT2D eigenvalue weighted by molar-refractivity contribution is -0.135. The summed E-state index contributed by atoms with van der Waals surface area (Å²) in [6.45, 7) is 7.85. The predicted molar refractivity (Wildman–Crippen MR) is 119 cm³/mol. The van der Waals surface area contributed by atoms with E-state index in [0.717, 1.165) is 5.56 Å². The first-order chi connectivity index (χ1) is 14.8. The average molecular weight is 424 g/mol. The minimum absolute atomic E-state index is 0.0110. The molecule has 0 saturated heterocycles. The first kappa shape index (κ1) is 22.3. The van der Waals surface area contributed by atoms with Crippen molar-refractivity contribution in [2.75, 3.05) is 18.0 Å². The van der Waals surface area contributed by atoms with Gasteiger partial charge in [0.05, 0.1) is 5.69 Å². The summed E-state index contributed by atoms with van der Waals surface area (Å²) < 4.78 is 6.20. The van der Waals surface area contributed by atoms with Crippen LogP contribution in [0.25, 0.3) is 0 Å². The van der Waals surface area contributed by atoms with Gasteiger partial charge in [0.2, 0.25) is 11.5 Å². The van der Waals surface area contributed by atoms with Crippen LogP contribution >= 0.6 is 0 Å². The lowest BCUT2D eigenvalue weighted by Gasteiger charge is -2.41. The Labute approximate surface area is 182 Å². The minimum Gasteiger partial charge on any atom is -0.471 e. The van der Waals surface area contributed by atoms with E-state index >= 15 is 0 Å². The van der Waals surface area contributed by atoms with Gasteiger partial charge in [-0.2, -0.15) is 0 Å². The van der Waals surface area contributed by atoms with Crippen molar-refractivity contribution >= 4 is 23.4 Å². The second-order valence-corrected chi connectivity index (χ2v) is 7.97. The fourth-order valence-corrected chi connectivity index (χ4v) is 3.52. The molecule has 0 bridgehead atoms. The Morgan fingerprint density at radius 1 is 1.13 bits per heavy atom. The molecule has 0 spiro atoms. The highest BCUT2D eigenvalue weighted by molar-refractivity contribution is 6.05. The van der Waals surface area contributed by atoms with Crippen molar-refractivity contribution in [3.05, 3.63) is 59.7 Å². The molecule has 31 heavy (non-hydrogen) atoms. The molecule has 1 heterocycles. The third kappa shape index (κ3) is 4.71. The van der Waals surface area contributed by atoms with Gasteiger partial charge in [-0.1, -0.05) is 37.3 Å². The first-order valence-corrected chi connectivity index (χ1v) is 10.5. The zero-order chi connectivity index (χ0) is 22.6. The largest absolute Gasteiger partial charge is 0.471 e. The zero-order valence-electron chi connectivity index (χ0n) is 18.4. The Bertz CT molecular complexity index is 974. The molecule has 1 aliphatic heterocycles. The van der Waals surface area contributed by atoms with Gasteiger partial charge in [-0.25, -0.2) is 0 Å². The molecule has 0 radical (unpaired) electrons. The number of ether oxygens (including phenoxy) is 1. The van der Waals surface area contributed by atoms with Crippen molar-refractivity contribution < 1.29 is 19.1 Å². The van der Waals surface area contributed by atoms with E-state index in [1.807, 2.05) is 44.2 Å². The molecule has 3 rings (SSSR count). The second-order valence-electron chi connectivity index (χ2n) is 7.97. The van der Waals surface area contributed by atoms with Gasteiger partial charge in [-0.15, -0.1) is 0 Å². The smallest absolute Gasteiger partial charge is 0.275 e. The number of benzene rings is 2. The van der Waals surface area contributed by atoms with E-state index in [4.69, 9.17) is 4.74 Å². The van der Waals surface area contributed by atoms with Crippen LogP contribution in [-0.4, -0.2) is 36.9 Å². The van der Waals surface area contributed by atoms with Gasteiger partial charge in [-0.05, 0) is 39.0 Å². The molecule has 0 aromatic heterocycles. The number of hydrogen-bond donors (Lipinski definition) is 2. The summed E-state index contributed by atoms with van der Waals surface area (Å²) in [6.07, 6.45) is 0.370. The van der Waals surface area contributed by atoms with Crippen LogP contribution in [0.5, 0.6) is 5.75 Å². The fourth-order valence-electron chi connectivity index (χ4n) is 3.52. The Morgan fingerprint density at radius 2 is 1.84 bits per heavy atom. The maximum Gasteiger partial charge on any atom is 0.275 e. The second kappa shape index (κ2) is 9.20. The standard InChI is InChI=1S/C24H29N3O4/c1-5-21(28)25-13-14-27-19-15-17(22(29)26-16(2)3)11-12-20(19)31-24(4,23(27)30)18-9-7-6-8-10-18/h6-12,15-16H,5,13-14H2,1-4H3,(H,25,28)(H,26,29). The van der Waals surface area contributed by atoms with E-state index < -0.39 is 5.60 Å². The van der Waals surface area contributed by atoms with Crippen molar-refractivity contribution in [3.8, 4) is 5.75 Å². The van der Waals surface area contributed by atoms with Crippen LogP contribution in [0.1, 0.15) is 50.0 Å². The van der Waals surface area contributed by atoms with Crippen molar-refractivity contribution in [3.63, 3.8) is 0 Å². The van der Waals surface area contributed by atoms with Crippen molar-refractivity contribution in [1.29, 1.82) is 0 Å². The van der Waals surface area contributed by atoms with Crippen LogP contribution in [0.2, 0.25) is 0 Å². The number of fused-ring (bicyclic) bond motifs is 1. The van der Waals surface area contributed by atoms with Gasteiger partial charge in [0, 0.05) is 36.7 Å². The van der Waals surface area contributed by atoms with Gasteiger partial charge in [0.1, 0.15) is 5.75 Å². The molecule has 2 aromatic carbocycles. The van der Waals surface area contributed by atoms with E-state index in [9.17, 15) is 14.4 Å². The Hall–Kier alpha value is -3.35. The van der Waals surface area contributed by atoms with Crippen molar-refractivity contribution in [2.24, 2.45) is 0 Å². The Balaban J connectivity index is 1.99. The monoisotopic (exact) mass is 423 g/mol. The molecule has 0 aliphatic carbocycles. The molecule has 3 amide bonds. The van der Waals surface area contributed by atoms with E-state index in [0.29, 0.717) is 30.0 Å². The maximum atomic E-state index is 13.6. The van der Waals surface area contributed by atoms with Gasteiger partial charge in [-0.3, -0.25) is 14.4 Å². The minimum atomic E-state index is -1.22. The number of carbonyl (C=O) groups is 3. The van der Waals surface area contributed by atoms with Gasteiger partial charge < -0.3 is 20.3 Å². The van der Waals surface area contributed by atoms with E-state index in [2.05, 4.69) is 10.6 Å². The number of carbonyl (C=O) groups excluding carboxylic acids is 3. The van der Waals surface area contributed by atoms with Crippen LogP contribution in [-0.2, 0) is 15.2 Å². The fraction of sp³-hybridized carbons (Fsp3) is 0.375. The molecule has 7 heteroatoms. The van der Waals surface area contributed by atoms with Gasteiger partial charge in [0.25, 0.3) is 11.8 Å².